The van der Waals surface area contributed by atoms with Gasteiger partial charge in [0.2, 0.25) is 5.91 Å². The fraction of sp³-hybridized carbons (Fsp3) is 0. The molecule has 2 aromatic carbocycles. The Morgan fingerprint density at radius 3 is 2.29 bits per heavy atom. The van der Waals surface area contributed by atoms with Crippen LogP contribution in [-0.2, 0) is 0 Å². The number of benzene rings is 2. The topological polar surface area (TPSA) is 43.1 Å². The number of halogens is 2. The maximum Gasteiger partial charge on any atom is 0.248 e. The highest BCUT2D eigenvalue weighted by Crippen LogP contribution is 2.25. The summed E-state index contributed by atoms with van der Waals surface area (Å²) in [6, 6.07) is 11.4. The molecule has 0 aliphatic rings. The van der Waals surface area contributed by atoms with Gasteiger partial charge in [-0.2, -0.15) is 0 Å². The van der Waals surface area contributed by atoms with Crippen LogP contribution in [0.15, 0.2) is 46.9 Å². The maximum absolute atomic E-state index is 13.7. The Morgan fingerprint density at radius 1 is 1.12 bits per heavy atom. The second-order valence-electron chi connectivity index (χ2n) is 3.57. The molecule has 4 heteroatoms. The van der Waals surface area contributed by atoms with Gasteiger partial charge >= 0.3 is 0 Å². The largest absolute Gasteiger partial charge is 0.366 e. The van der Waals surface area contributed by atoms with Crippen molar-refractivity contribution in [3.63, 3.8) is 0 Å². The van der Waals surface area contributed by atoms with Crippen molar-refractivity contribution >= 4 is 21.8 Å². The SMILES string of the molecule is NC(=O)c1ccc(-c2ccc(Br)cc2F)cc1. The molecule has 0 radical (unpaired) electrons. The summed E-state index contributed by atoms with van der Waals surface area (Å²) in [7, 11) is 0. The average molecular weight is 294 g/mol. The zero-order valence-electron chi connectivity index (χ0n) is 8.78. The zero-order chi connectivity index (χ0) is 12.4. The summed E-state index contributed by atoms with van der Waals surface area (Å²) in [5.74, 6) is -0.806. The van der Waals surface area contributed by atoms with Gasteiger partial charge in [-0.25, -0.2) is 4.39 Å². The van der Waals surface area contributed by atoms with Crippen molar-refractivity contribution in [1.82, 2.24) is 0 Å². The highest BCUT2D eigenvalue weighted by atomic mass is 79.9. The number of primary amides is 1. The first-order valence-electron chi connectivity index (χ1n) is 4.93. The van der Waals surface area contributed by atoms with Crippen molar-refractivity contribution in [2.24, 2.45) is 5.73 Å². The van der Waals surface area contributed by atoms with Crippen LogP contribution in [0.4, 0.5) is 4.39 Å². The minimum absolute atomic E-state index is 0.314. The van der Waals surface area contributed by atoms with Crippen molar-refractivity contribution in [3.05, 3.63) is 58.3 Å². The van der Waals surface area contributed by atoms with Gasteiger partial charge in [0, 0.05) is 15.6 Å². The smallest absolute Gasteiger partial charge is 0.248 e. The van der Waals surface area contributed by atoms with Crippen LogP contribution in [0.1, 0.15) is 10.4 Å². The van der Waals surface area contributed by atoms with E-state index in [1.807, 2.05) is 0 Å². The number of amides is 1. The number of rotatable bonds is 2. The van der Waals surface area contributed by atoms with Crippen LogP contribution in [0.2, 0.25) is 0 Å². The number of hydrogen-bond acceptors (Lipinski definition) is 1. The van der Waals surface area contributed by atoms with Crippen molar-refractivity contribution in [2.75, 3.05) is 0 Å². The van der Waals surface area contributed by atoms with Crippen molar-refractivity contribution in [3.8, 4) is 11.1 Å². The third-order valence-corrected chi connectivity index (χ3v) is 2.90. The molecule has 1 amide bonds. The zero-order valence-corrected chi connectivity index (χ0v) is 10.4. The molecule has 0 unspecified atom stereocenters. The monoisotopic (exact) mass is 293 g/mol. The lowest BCUT2D eigenvalue weighted by Crippen LogP contribution is -2.10. The summed E-state index contributed by atoms with van der Waals surface area (Å²) < 4.78 is 14.4. The second kappa shape index (κ2) is 4.67. The van der Waals surface area contributed by atoms with Crippen molar-refractivity contribution in [1.29, 1.82) is 0 Å². The molecule has 0 atom stereocenters. The molecular weight excluding hydrogens is 285 g/mol. The van der Waals surface area contributed by atoms with Crippen LogP contribution in [0, 0.1) is 5.82 Å². The minimum Gasteiger partial charge on any atom is -0.366 e. The molecule has 2 rings (SSSR count). The fourth-order valence-corrected chi connectivity index (χ4v) is 1.87. The molecule has 0 heterocycles. The lowest BCUT2D eigenvalue weighted by molar-refractivity contribution is 0.100. The molecular formula is C13H9BrFNO. The van der Waals surface area contributed by atoms with Crippen LogP contribution in [0.5, 0.6) is 0 Å². The summed E-state index contributed by atoms with van der Waals surface area (Å²) in [4.78, 5) is 10.9. The molecule has 2 N–H and O–H groups in total. The quantitative estimate of drug-likeness (QED) is 0.906. The van der Waals surface area contributed by atoms with Gasteiger partial charge in [0.05, 0.1) is 0 Å². The highest BCUT2D eigenvalue weighted by Gasteiger charge is 2.06. The van der Waals surface area contributed by atoms with Crippen LogP contribution < -0.4 is 5.73 Å². The summed E-state index contributed by atoms with van der Waals surface area (Å²) >= 11 is 3.20. The Bertz CT molecular complexity index is 566. The van der Waals surface area contributed by atoms with E-state index in [4.69, 9.17) is 5.73 Å². The van der Waals surface area contributed by atoms with E-state index in [2.05, 4.69) is 15.9 Å². The molecule has 0 fully saturated rings. The third-order valence-electron chi connectivity index (χ3n) is 2.41. The first-order chi connectivity index (χ1) is 8.08. The van der Waals surface area contributed by atoms with E-state index in [0.717, 1.165) is 0 Å². The van der Waals surface area contributed by atoms with Gasteiger partial charge in [-0.3, -0.25) is 4.79 Å². The van der Waals surface area contributed by atoms with Gasteiger partial charge < -0.3 is 5.73 Å². The standard InChI is InChI=1S/C13H9BrFNO/c14-10-5-6-11(12(15)7-10)8-1-3-9(4-2-8)13(16)17/h1-7H,(H2,16,17). The van der Waals surface area contributed by atoms with Gasteiger partial charge in [-0.05, 0) is 29.8 Å². The first kappa shape index (κ1) is 11.8. The van der Waals surface area contributed by atoms with Gasteiger partial charge in [-0.15, -0.1) is 0 Å². The Balaban J connectivity index is 2.43. The molecule has 86 valence electrons. The number of carbonyl (C=O) groups is 1. The van der Waals surface area contributed by atoms with Gasteiger partial charge in [0.25, 0.3) is 0 Å². The molecule has 17 heavy (non-hydrogen) atoms. The van der Waals surface area contributed by atoms with Crippen molar-refractivity contribution < 1.29 is 9.18 Å². The van der Waals surface area contributed by atoms with Crippen LogP contribution in [0.25, 0.3) is 11.1 Å². The molecule has 0 saturated heterocycles. The fourth-order valence-electron chi connectivity index (χ4n) is 1.54. The van der Waals surface area contributed by atoms with E-state index in [1.54, 1.807) is 36.4 Å². The lowest BCUT2D eigenvalue weighted by Gasteiger charge is -2.04. The van der Waals surface area contributed by atoms with Crippen LogP contribution in [0.3, 0.4) is 0 Å². The normalized spacial score (nSPS) is 10.2. The predicted octanol–water partition coefficient (Wildman–Crippen LogP) is 3.35. The summed E-state index contributed by atoms with van der Waals surface area (Å²) in [6.45, 7) is 0. The van der Waals surface area contributed by atoms with E-state index in [-0.39, 0.29) is 5.82 Å². The molecule has 2 nitrogen and oxygen atoms in total. The Hall–Kier alpha value is -1.68. The maximum atomic E-state index is 13.7. The number of hydrogen-bond donors (Lipinski definition) is 1. The molecule has 0 spiro atoms. The third kappa shape index (κ3) is 2.53. The lowest BCUT2D eigenvalue weighted by atomic mass is 10.0. The van der Waals surface area contributed by atoms with E-state index >= 15 is 0 Å². The molecule has 2 aromatic rings. The Kier molecular flexibility index (Phi) is 3.24. The summed E-state index contributed by atoms with van der Waals surface area (Å²) in [6.07, 6.45) is 0. The van der Waals surface area contributed by atoms with Crippen LogP contribution >= 0.6 is 15.9 Å². The number of carbonyl (C=O) groups excluding carboxylic acids is 1. The molecule has 0 aliphatic heterocycles. The second-order valence-corrected chi connectivity index (χ2v) is 4.48. The molecule has 0 bridgehead atoms. The molecule has 0 saturated carbocycles. The minimum atomic E-state index is -0.493. The number of nitrogens with two attached hydrogens (primary N) is 1. The van der Waals surface area contributed by atoms with E-state index in [1.165, 1.54) is 6.07 Å². The van der Waals surface area contributed by atoms with E-state index in [0.29, 0.717) is 21.2 Å². The summed E-state index contributed by atoms with van der Waals surface area (Å²) in [5.41, 5.74) is 6.74. The first-order valence-corrected chi connectivity index (χ1v) is 5.72. The van der Waals surface area contributed by atoms with Gasteiger partial charge in [-0.1, -0.05) is 34.1 Å². The van der Waals surface area contributed by atoms with E-state index < -0.39 is 5.91 Å². The molecule has 0 aliphatic carbocycles. The summed E-state index contributed by atoms with van der Waals surface area (Å²) in [5, 5.41) is 0. The average Bonchev–Trinajstić information content (AvgIpc) is 2.29. The van der Waals surface area contributed by atoms with Crippen molar-refractivity contribution in [2.45, 2.75) is 0 Å². The Morgan fingerprint density at radius 2 is 1.76 bits per heavy atom. The Labute approximate surface area is 106 Å². The van der Waals surface area contributed by atoms with Gasteiger partial charge in [0.1, 0.15) is 5.82 Å². The molecule has 0 aromatic heterocycles. The highest BCUT2D eigenvalue weighted by molar-refractivity contribution is 9.10. The predicted molar refractivity (Wildman–Crippen MR) is 68.1 cm³/mol. The van der Waals surface area contributed by atoms with E-state index in [9.17, 15) is 9.18 Å². The van der Waals surface area contributed by atoms with Gasteiger partial charge in [0.15, 0.2) is 0 Å². The van der Waals surface area contributed by atoms with Crippen LogP contribution in [-0.4, -0.2) is 5.91 Å².